The van der Waals surface area contributed by atoms with Crippen molar-refractivity contribution in [3.8, 4) is 0 Å². The fraction of sp³-hybridized carbons (Fsp3) is 0.522. The molecule has 1 aromatic carbocycles. The highest BCUT2D eigenvalue weighted by molar-refractivity contribution is 7.89. The highest BCUT2D eigenvalue weighted by Gasteiger charge is 2.39. The Morgan fingerprint density at radius 1 is 1.26 bits per heavy atom. The van der Waals surface area contributed by atoms with E-state index in [0.717, 1.165) is 25.7 Å². The number of halogens is 1. The number of hydrogen-bond donors (Lipinski definition) is 1. The van der Waals surface area contributed by atoms with Crippen molar-refractivity contribution in [3.63, 3.8) is 0 Å². The molecule has 1 saturated carbocycles. The van der Waals surface area contributed by atoms with Crippen LogP contribution in [0.3, 0.4) is 0 Å². The van der Waals surface area contributed by atoms with Crippen molar-refractivity contribution in [2.45, 2.75) is 56.4 Å². The molecule has 1 aliphatic carbocycles. The number of sulfonamides is 1. The van der Waals surface area contributed by atoms with Gasteiger partial charge in [-0.3, -0.25) is 9.59 Å². The molecule has 11 heteroatoms. The summed E-state index contributed by atoms with van der Waals surface area (Å²) in [6.07, 6.45) is 7.72. The molecular weight excluding hydrogens is 496 g/mol. The number of piperazine rings is 1. The Hall–Kier alpha value is -2.01. The molecule has 0 spiro atoms. The SMILES string of the molecule is Cc1c(Cl)cccc1S(=O)(=O)N1CCN([C@@H](CC2CCCCC2)C(=O)Nc2nccs2)C(=O)C1. The Morgan fingerprint density at radius 3 is 2.71 bits per heavy atom. The van der Waals surface area contributed by atoms with E-state index in [4.69, 9.17) is 11.6 Å². The van der Waals surface area contributed by atoms with E-state index in [1.807, 2.05) is 0 Å². The third kappa shape index (κ3) is 5.45. The zero-order valence-electron chi connectivity index (χ0n) is 19.1. The van der Waals surface area contributed by atoms with Crippen molar-refractivity contribution >= 4 is 49.9 Å². The standard InChI is InChI=1S/C23H29ClN4O4S2/c1-16-18(24)8-5-9-20(16)34(31,32)27-11-12-28(21(29)15-27)19(14-17-6-3-2-4-7-17)22(30)26-23-25-10-13-33-23/h5,8-10,13,17,19H,2-4,6-7,11-12,14-15H2,1H3,(H,25,26,30)/t19-/m0/s1. The van der Waals surface area contributed by atoms with Crippen molar-refractivity contribution in [1.82, 2.24) is 14.2 Å². The Labute approximate surface area is 209 Å². The lowest BCUT2D eigenvalue weighted by molar-refractivity contribution is -0.142. The number of rotatable bonds is 7. The van der Waals surface area contributed by atoms with Crippen molar-refractivity contribution in [2.75, 3.05) is 25.0 Å². The van der Waals surface area contributed by atoms with E-state index in [-0.39, 0.29) is 36.3 Å². The second kappa shape index (κ2) is 10.7. The summed E-state index contributed by atoms with van der Waals surface area (Å²) >= 11 is 7.45. The summed E-state index contributed by atoms with van der Waals surface area (Å²) < 4.78 is 27.7. The van der Waals surface area contributed by atoms with Gasteiger partial charge < -0.3 is 10.2 Å². The molecule has 1 N–H and O–H groups in total. The lowest BCUT2D eigenvalue weighted by Gasteiger charge is -2.39. The van der Waals surface area contributed by atoms with E-state index < -0.39 is 16.1 Å². The van der Waals surface area contributed by atoms with Crippen LogP contribution in [-0.4, -0.2) is 60.1 Å². The lowest BCUT2D eigenvalue weighted by Crippen LogP contribution is -2.58. The predicted molar refractivity (Wildman–Crippen MR) is 132 cm³/mol. The van der Waals surface area contributed by atoms with Gasteiger partial charge in [0.2, 0.25) is 21.8 Å². The molecule has 4 rings (SSSR count). The summed E-state index contributed by atoms with van der Waals surface area (Å²) in [7, 11) is -3.89. The normalized spacial score (nSPS) is 19.2. The highest BCUT2D eigenvalue weighted by atomic mass is 35.5. The molecule has 0 unspecified atom stereocenters. The zero-order chi connectivity index (χ0) is 24.3. The van der Waals surface area contributed by atoms with Crippen LogP contribution in [0.5, 0.6) is 0 Å². The number of carbonyl (C=O) groups excluding carboxylic acids is 2. The van der Waals surface area contributed by atoms with Gasteiger partial charge in [-0.2, -0.15) is 4.31 Å². The Balaban J connectivity index is 1.52. The number of hydrogen-bond acceptors (Lipinski definition) is 6. The molecule has 2 fully saturated rings. The molecule has 2 aliphatic rings. The van der Waals surface area contributed by atoms with Gasteiger partial charge in [0.15, 0.2) is 5.13 Å². The maximum absolute atomic E-state index is 13.3. The van der Waals surface area contributed by atoms with Crippen LogP contribution in [0.15, 0.2) is 34.7 Å². The zero-order valence-corrected chi connectivity index (χ0v) is 21.5. The number of carbonyl (C=O) groups is 2. The monoisotopic (exact) mass is 524 g/mol. The average molecular weight is 525 g/mol. The van der Waals surface area contributed by atoms with Gasteiger partial charge in [0, 0.05) is 29.7 Å². The van der Waals surface area contributed by atoms with Crippen LogP contribution < -0.4 is 5.32 Å². The third-order valence-electron chi connectivity index (χ3n) is 6.68. The van der Waals surface area contributed by atoms with E-state index in [1.54, 1.807) is 35.5 Å². The summed E-state index contributed by atoms with van der Waals surface area (Å²) in [5.41, 5.74) is 0.456. The first-order chi connectivity index (χ1) is 16.3. The minimum Gasteiger partial charge on any atom is -0.328 e. The molecule has 34 heavy (non-hydrogen) atoms. The lowest BCUT2D eigenvalue weighted by atomic mass is 9.84. The number of benzene rings is 1. The van der Waals surface area contributed by atoms with Gasteiger partial charge in [0.1, 0.15) is 6.04 Å². The Morgan fingerprint density at radius 2 is 2.03 bits per heavy atom. The van der Waals surface area contributed by atoms with Crippen molar-refractivity contribution < 1.29 is 18.0 Å². The molecule has 184 valence electrons. The van der Waals surface area contributed by atoms with Crippen LogP contribution in [0.2, 0.25) is 5.02 Å². The first kappa shape index (κ1) is 25.1. The fourth-order valence-corrected chi connectivity index (χ4v) is 7.18. The molecular formula is C23H29ClN4O4S2. The smallest absolute Gasteiger partial charge is 0.248 e. The number of amides is 2. The minimum atomic E-state index is -3.89. The van der Waals surface area contributed by atoms with Gasteiger partial charge >= 0.3 is 0 Å². The highest BCUT2D eigenvalue weighted by Crippen LogP contribution is 2.31. The maximum Gasteiger partial charge on any atom is 0.248 e. The molecule has 1 aliphatic heterocycles. The van der Waals surface area contributed by atoms with E-state index >= 15 is 0 Å². The summed E-state index contributed by atoms with van der Waals surface area (Å²) in [5, 5.41) is 5.46. The topological polar surface area (TPSA) is 99.7 Å². The Bertz CT molecular complexity index is 1130. The molecule has 1 aromatic heterocycles. The summed E-state index contributed by atoms with van der Waals surface area (Å²) in [4.78, 5) is 32.2. The molecule has 2 aromatic rings. The first-order valence-corrected chi connectivity index (χ1v) is 14.2. The Kier molecular flexibility index (Phi) is 7.91. The van der Waals surface area contributed by atoms with Crippen LogP contribution in [0.1, 0.15) is 44.1 Å². The molecule has 0 bridgehead atoms. The van der Waals surface area contributed by atoms with Crippen LogP contribution in [-0.2, 0) is 19.6 Å². The van der Waals surface area contributed by atoms with E-state index in [9.17, 15) is 18.0 Å². The van der Waals surface area contributed by atoms with Gasteiger partial charge in [-0.1, -0.05) is 49.8 Å². The van der Waals surface area contributed by atoms with Crippen molar-refractivity contribution in [1.29, 1.82) is 0 Å². The summed E-state index contributed by atoms with van der Waals surface area (Å²) in [6, 6.07) is 4.07. The third-order valence-corrected chi connectivity index (χ3v) is 9.77. The van der Waals surface area contributed by atoms with Gasteiger partial charge in [-0.15, -0.1) is 11.3 Å². The molecule has 1 saturated heterocycles. The number of thiazole rings is 1. The minimum absolute atomic E-state index is 0.0986. The number of nitrogens with one attached hydrogen (secondary N) is 1. The molecule has 2 heterocycles. The first-order valence-electron chi connectivity index (χ1n) is 11.5. The van der Waals surface area contributed by atoms with Gasteiger partial charge in [-0.25, -0.2) is 13.4 Å². The fourth-order valence-electron chi connectivity index (χ4n) is 4.79. The summed E-state index contributed by atoms with van der Waals surface area (Å²) in [5.74, 6) is -0.273. The second-order valence-electron chi connectivity index (χ2n) is 8.87. The van der Waals surface area contributed by atoms with E-state index in [0.29, 0.717) is 28.1 Å². The number of anilines is 1. The van der Waals surface area contributed by atoms with Crippen molar-refractivity contribution in [3.05, 3.63) is 40.4 Å². The maximum atomic E-state index is 13.3. The van der Waals surface area contributed by atoms with Gasteiger partial charge in [0.05, 0.1) is 11.4 Å². The van der Waals surface area contributed by atoms with Crippen LogP contribution >= 0.6 is 22.9 Å². The predicted octanol–water partition coefficient (Wildman–Crippen LogP) is 3.92. The number of nitrogens with zero attached hydrogens (tertiary/aromatic N) is 3. The second-order valence-corrected chi connectivity index (χ2v) is 12.1. The average Bonchev–Trinajstić information content (AvgIpc) is 3.33. The van der Waals surface area contributed by atoms with E-state index in [1.165, 1.54) is 28.1 Å². The molecule has 2 amide bonds. The molecule has 8 nitrogen and oxygen atoms in total. The number of aromatic nitrogens is 1. The van der Waals surface area contributed by atoms with Gasteiger partial charge in [-0.05, 0) is 37.0 Å². The summed E-state index contributed by atoms with van der Waals surface area (Å²) in [6.45, 7) is 1.61. The molecule has 1 atom stereocenters. The van der Waals surface area contributed by atoms with Crippen molar-refractivity contribution in [2.24, 2.45) is 5.92 Å². The van der Waals surface area contributed by atoms with Crippen LogP contribution in [0, 0.1) is 12.8 Å². The van der Waals surface area contributed by atoms with Crippen LogP contribution in [0.25, 0.3) is 0 Å². The largest absolute Gasteiger partial charge is 0.328 e. The van der Waals surface area contributed by atoms with E-state index in [2.05, 4.69) is 10.3 Å². The van der Waals surface area contributed by atoms with Gasteiger partial charge in [0.25, 0.3) is 0 Å². The molecule has 0 radical (unpaired) electrons. The van der Waals surface area contributed by atoms with Crippen LogP contribution in [0.4, 0.5) is 5.13 Å². The quantitative estimate of drug-likeness (QED) is 0.592.